The van der Waals surface area contributed by atoms with Crippen molar-refractivity contribution in [1.82, 2.24) is 4.98 Å². The standard InChI is InChI=1S/C14H14FNO2/c1-10-3-2-4-16-14(10)9-18-13-6-11(8-17)5-12(15)7-13/h2-7,17H,8-9H2,1H3. The van der Waals surface area contributed by atoms with Gasteiger partial charge in [0.1, 0.15) is 18.2 Å². The molecule has 1 aromatic carbocycles. The fraction of sp³-hybridized carbons (Fsp3) is 0.214. The number of hydrogen-bond donors (Lipinski definition) is 1. The first-order valence-electron chi connectivity index (χ1n) is 5.62. The molecule has 94 valence electrons. The van der Waals surface area contributed by atoms with Gasteiger partial charge in [-0.1, -0.05) is 6.07 Å². The average molecular weight is 247 g/mol. The van der Waals surface area contributed by atoms with Crippen molar-refractivity contribution in [3.8, 4) is 5.75 Å². The van der Waals surface area contributed by atoms with Gasteiger partial charge in [-0.2, -0.15) is 0 Å². The van der Waals surface area contributed by atoms with E-state index in [1.807, 2.05) is 19.1 Å². The van der Waals surface area contributed by atoms with E-state index in [-0.39, 0.29) is 13.2 Å². The summed E-state index contributed by atoms with van der Waals surface area (Å²) in [6.45, 7) is 2.01. The minimum absolute atomic E-state index is 0.212. The van der Waals surface area contributed by atoms with Crippen LogP contribution in [-0.4, -0.2) is 10.1 Å². The maximum atomic E-state index is 13.2. The number of rotatable bonds is 4. The summed E-state index contributed by atoms with van der Waals surface area (Å²) in [5, 5.41) is 8.98. The minimum Gasteiger partial charge on any atom is -0.487 e. The van der Waals surface area contributed by atoms with Crippen LogP contribution in [0.3, 0.4) is 0 Å². The number of pyridine rings is 1. The highest BCUT2D eigenvalue weighted by Crippen LogP contribution is 2.18. The van der Waals surface area contributed by atoms with Crippen LogP contribution < -0.4 is 4.74 Å². The van der Waals surface area contributed by atoms with Gasteiger partial charge in [0.25, 0.3) is 0 Å². The summed E-state index contributed by atoms with van der Waals surface area (Å²) in [4.78, 5) is 4.19. The van der Waals surface area contributed by atoms with Crippen molar-refractivity contribution in [1.29, 1.82) is 0 Å². The number of aliphatic hydroxyl groups excluding tert-OH is 1. The fourth-order valence-electron chi connectivity index (χ4n) is 1.62. The highest BCUT2D eigenvalue weighted by Gasteiger charge is 2.04. The lowest BCUT2D eigenvalue weighted by Crippen LogP contribution is -2.01. The molecule has 18 heavy (non-hydrogen) atoms. The lowest BCUT2D eigenvalue weighted by molar-refractivity contribution is 0.275. The molecule has 0 fully saturated rings. The third-order valence-corrected chi connectivity index (χ3v) is 2.61. The van der Waals surface area contributed by atoms with Crippen molar-refractivity contribution in [3.05, 3.63) is 59.2 Å². The summed E-state index contributed by atoms with van der Waals surface area (Å²) in [5.74, 6) is -0.0293. The third-order valence-electron chi connectivity index (χ3n) is 2.61. The summed E-state index contributed by atoms with van der Waals surface area (Å²) < 4.78 is 18.7. The zero-order chi connectivity index (χ0) is 13.0. The van der Waals surface area contributed by atoms with Gasteiger partial charge in [-0.3, -0.25) is 4.98 Å². The number of ether oxygens (including phenoxy) is 1. The first-order chi connectivity index (χ1) is 8.69. The molecule has 1 N–H and O–H groups in total. The molecular formula is C14H14FNO2. The Morgan fingerprint density at radius 2 is 2.17 bits per heavy atom. The quantitative estimate of drug-likeness (QED) is 0.903. The number of benzene rings is 1. The van der Waals surface area contributed by atoms with E-state index in [0.29, 0.717) is 11.3 Å². The molecule has 0 aliphatic heterocycles. The lowest BCUT2D eigenvalue weighted by atomic mass is 10.2. The lowest BCUT2D eigenvalue weighted by Gasteiger charge is -2.09. The van der Waals surface area contributed by atoms with E-state index >= 15 is 0 Å². The zero-order valence-electron chi connectivity index (χ0n) is 10.1. The smallest absolute Gasteiger partial charge is 0.130 e. The van der Waals surface area contributed by atoms with Crippen LogP contribution in [0.15, 0.2) is 36.5 Å². The number of aromatic nitrogens is 1. The topological polar surface area (TPSA) is 42.4 Å². The van der Waals surface area contributed by atoms with Crippen LogP contribution in [0.1, 0.15) is 16.8 Å². The van der Waals surface area contributed by atoms with Crippen LogP contribution in [-0.2, 0) is 13.2 Å². The van der Waals surface area contributed by atoms with E-state index in [1.165, 1.54) is 12.1 Å². The molecule has 1 heterocycles. The molecule has 0 radical (unpaired) electrons. The molecule has 2 rings (SSSR count). The van der Waals surface area contributed by atoms with E-state index in [1.54, 1.807) is 12.3 Å². The predicted octanol–water partition coefficient (Wildman–Crippen LogP) is 2.60. The van der Waals surface area contributed by atoms with Gasteiger partial charge in [-0.25, -0.2) is 4.39 Å². The van der Waals surface area contributed by atoms with Gasteiger partial charge in [0.2, 0.25) is 0 Å². The molecule has 0 unspecified atom stereocenters. The molecule has 0 amide bonds. The van der Waals surface area contributed by atoms with Crippen LogP contribution >= 0.6 is 0 Å². The Kier molecular flexibility index (Phi) is 3.89. The van der Waals surface area contributed by atoms with Gasteiger partial charge in [-0.15, -0.1) is 0 Å². The van der Waals surface area contributed by atoms with E-state index in [0.717, 1.165) is 11.3 Å². The van der Waals surface area contributed by atoms with Crippen LogP contribution in [0.2, 0.25) is 0 Å². The maximum Gasteiger partial charge on any atom is 0.130 e. The Morgan fingerprint density at radius 3 is 2.89 bits per heavy atom. The molecule has 0 aliphatic carbocycles. The second kappa shape index (κ2) is 5.60. The molecule has 0 saturated heterocycles. The molecule has 0 spiro atoms. The Bertz CT molecular complexity index is 543. The number of hydrogen-bond acceptors (Lipinski definition) is 3. The van der Waals surface area contributed by atoms with Gasteiger partial charge in [-0.05, 0) is 36.2 Å². The zero-order valence-corrected chi connectivity index (χ0v) is 10.1. The van der Waals surface area contributed by atoms with Crippen LogP contribution in [0.5, 0.6) is 5.75 Å². The fourth-order valence-corrected chi connectivity index (χ4v) is 1.62. The third kappa shape index (κ3) is 3.05. The van der Waals surface area contributed by atoms with Gasteiger partial charge in [0, 0.05) is 12.3 Å². The van der Waals surface area contributed by atoms with Crippen LogP contribution in [0, 0.1) is 12.7 Å². The highest BCUT2D eigenvalue weighted by atomic mass is 19.1. The summed E-state index contributed by atoms with van der Waals surface area (Å²) >= 11 is 0. The summed E-state index contributed by atoms with van der Waals surface area (Å²) in [7, 11) is 0. The Balaban J connectivity index is 2.11. The van der Waals surface area contributed by atoms with Gasteiger partial charge in [0.05, 0.1) is 12.3 Å². The van der Waals surface area contributed by atoms with Crippen molar-refractivity contribution >= 4 is 0 Å². The summed E-state index contributed by atoms with van der Waals surface area (Å²) in [6.07, 6.45) is 1.69. The Labute approximate surface area is 105 Å². The van der Waals surface area contributed by atoms with E-state index in [9.17, 15) is 4.39 Å². The molecule has 0 bridgehead atoms. The van der Waals surface area contributed by atoms with Crippen molar-refractivity contribution in [2.45, 2.75) is 20.1 Å². The largest absolute Gasteiger partial charge is 0.487 e. The van der Waals surface area contributed by atoms with Crippen molar-refractivity contribution in [2.75, 3.05) is 0 Å². The number of halogens is 1. The molecule has 0 aliphatic rings. The van der Waals surface area contributed by atoms with Gasteiger partial charge in [0.15, 0.2) is 0 Å². The normalized spacial score (nSPS) is 10.4. The number of nitrogens with zero attached hydrogens (tertiary/aromatic N) is 1. The Hall–Kier alpha value is -1.94. The first kappa shape index (κ1) is 12.5. The molecule has 3 nitrogen and oxygen atoms in total. The van der Waals surface area contributed by atoms with E-state index < -0.39 is 5.82 Å². The number of aliphatic hydroxyl groups is 1. The van der Waals surface area contributed by atoms with Gasteiger partial charge >= 0.3 is 0 Å². The molecule has 0 atom stereocenters. The molecule has 0 saturated carbocycles. The monoisotopic (exact) mass is 247 g/mol. The van der Waals surface area contributed by atoms with Crippen LogP contribution in [0.25, 0.3) is 0 Å². The van der Waals surface area contributed by atoms with Crippen molar-refractivity contribution in [2.24, 2.45) is 0 Å². The summed E-state index contributed by atoms with van der Waals surface area (Å²) in [5.41, 5.74) is 2.33. The van der Waals surface area contributed by atoms with Crippen LogP contribution in [0.4, 0.5) is 4.39 Å². The molecule has 4 heteroatoms. The van der Waals surface area contributed by atoms with Crippen molar-refractivity contribution in [3.63, 3.8) is 0 Å². The van der Waals surface area contributed by atoms with Gasteiger partial charge < -0.3 is 9.84 Å². The Morgan fingerprint density at radius 1 is 1.33 bits per heavy atom. The second-order valence-corrected chi connectivity index (χ2v) is 4.01. The van der Waals surface area contributed by atoms with Crippen molar-refractivity contribution < 1.29 is 14.2 Å². The predicted molar refractivity (Wildman–Crippen MR) is 65.6 cm³/mol. The molecule has 2 aromatic rings. The highest BCUT2D eigenvalue weighted by molar-refractivity contribution is 5.29. The molecule has 1 aromatic heterocycles. The minimum atomic E-state index is -0.422. The molecular weight excluding hydrogens is 233 g/mol. The summed E-state index contributed by atoms with van der Waals surface area (Å²) in [6, 6.07) is 7.97. The number of aryl methyl sites for hydroxylation is 1. The van der Waals surface area contributed by atoms with E-state index in [2.05, 4.69) is 4.98 Å². The maximum absolute atomic E-state index is 13.2. The average Bonchev–Trinajstić information content (AvgIpc) is 2.37. The first-order valence-corrected chi connectivity index (χ1v) is 5.62. The van der Waals surface area contributed by atoms with E-state index in [4.69, 9.17) is 9.84 Å². The second-order valence-electron chi connectivity index (χ2n) is 4.01. The SMILES string of the molecule is Cc1cccnc1COc1cc(F)cc(CO)c1.